The summed E-state index contributed by atoms with van der Waals surface area (Å²) in [5.41, 5.74) is 3.30. The van der Waals surface area contributed by atoms with Crippen LogP contribution in [0.5, 0.6) is 0 Å². The lowest BCUT2D eigenvalue weighted by molar-refractivity contribution is 0.572. The van der Waals surface area contributed by atoms with E-state index in [-0.39, 0.29) is 11.9 Å². The Balaban J connectivity index is 1.76. The second kappa shape index (κ2) is 6.02. The second-order valence-electron chi connectivity index (χ2n) is 5.14. The van der Waals surface area contributed by atoms with Gasteiger partial charge in [-0.15, -0.1) is 0 Å². The Kier molecular flexibility index (Phi) is 3.93. The number of rotatable bonds is 4. The molecule has 0 aliphatic heterocycles. The Morgan fingerprint density at radius 2 is 1.81 bits per heavy atom. The van der Waals surface area contributed by atoms with E-state index in [1.54, 1.807) is 0 Å². The van der Waals surface area contributed by atoms with E-state index in [1.807, 2.05) is 42.6 Å². The Labute approximate surface area is 123 Å². The minimum atomic E-state index is -0.203. The van der Waals surface area contributed by atoms with Crippen molar-refractivity contribution in [2.24, 2.45) is 0 Å². The molecule has 0 aliphatic carbocycles. The molecule has 0 bridgehead atoms. The number of pyridine rings is 1. The zero-order valence-corrected chi connectivity index (χ0v) is 11.9. The normalized spacial score (nSPS) is 12.5. The van der Waals surface area contributed by atoms with E-state index in [9.17, 15) is 4.39 Å². The topological polar surface area (TPSA) is 24.9 Å². The fourth-order valence-electron chi connectivity index (χ4n) is 2.44. The van der Waals surface area contributed by atoms with Gasteiger partial charge in [-0.3, -0.25) is 4.98 Å². The molecule has 0 radical (unpaired) electrons. The van der Waals surface area contributed by atoms with Crippen LogP contribution < -0.4 is 5.32 Å². The van der Waals surface area contributed by atoms with Crippen molar-refractivity contribution in [3.8, 4) is 0 Å². The molecular formula is C18H17FN2. The van der Waals surface area contributed by atoms with Crippen molar-refractivity contribution in [2.75, 3.05) is 0 Å². The largest absolute Gasteiger partial charge is 0.306 e. The molecule has 21 heavy (non-hydrogen) atoms. The van der Waals surface area contributed by atoms with E-state index in [0.29, 0.717) is 0 Å². The van der Waals surface area contributed by atoms with E-state index in [0.717, 1.165) is 17.6 Å². The van der Waals surface area contributed by atoms with Crippen LogP contribution in [-0.2, 0) is 6.54 Å². The first-order valence-electron chi connectivity index (χ1n) is 7.05. The fraction of sp³-hybridized carbons (Fsp3) is 0.167. The van der Waals surface area contributed by atoms with Crippen molar-refractivity contribution in [1.82, 2.24) is 10.3 Å². The third-order valence-electron chi connectivity index (χ3n) is 3.71. The highest BCUT2D eigenvalue weighted by molar-refractivity contribution is 5.81. The Morgan fingerprint density at radius 1 is 1.05 bits per heavy atom. The number of para-hydroxylation sites is 1. The molecule has 3 rings (SSSR count). The summed E-state index contributed by atoms with van der Waals surface area (Å²) in [4.78, 5) is 4.37. The first-order valence-corrected chi connectivity index (χ1v) is 7.05. The zero-order chi connectivity index (χ0) is 14.7. The predicted octanol–water partition coefficient (Wildman–Crippen LogP) is 4.22. The van der Waals surface area contributed by atoms with Crippen molar-refractivity contribution < 1.29 is 4.39 Å². The molecule has 3 aromatic rings. The molecule has 1 heterocycles. The highest BCUT2D eigenvalue weighted by Crippen LogP contribution is 2.18. The van der Waals surface area contributed by atoms with Crippen LogP contribution in [-0.4, -0.2) is 4.98 Å². The van der Waals surface area contributed by atoms with Crippen molar-refractivity contribution in [3.05, 3.63) is 77.7 Å². The van der Waals surface area contributed by atoms with Gasteiger partial charge in [-0.05, 0) is 42.3 Å². The van der Waals surface area contributed by atoms with Crippen LogP contribution in [0.15, 0.2) is 60.8 Å². The van der Waals surface area contributed by atoms with E-state index in [4.69, 9.17) is 0 Å². The molecule has 0 spiro atoms. The summed E-state index contributed by atoms with van der Waals surface area (Å²) < 4.78 is 12.9. The molecule has 0 saturated heterocycles. The molecule has 3 heteroatoms. The maximum Gasteiger partial charge on any atom is 0.123 e. The summed E-state index contributed by atoms with van der Waals surface area (Å²) in [6, 6.07) is 16.9. The van der Waals surface area contributed by atoms with Gasteiger partial charge in [0, 0.05) is 24.2 Å². The lowest BCUT2D eigenvalue weighted by Gasteiger charge is -2.15. The maximum absolute atomic E-state index is 12.9. The van der Waals surface area contributed by atoms with Crippen LogP contribution in [0.2, 0.25) is 0 Å². The maximum atomic E-state index is 12.9. The molecule has 1 aromatic heterocycles. The van der Waals surface area contributed by atoms with Crippen molar-refractivity contribution in [1.29, 1.82) is 0 Å². The molecule has 1 N–H and O–H groups in total. The van der Waals surface area contributed by atoms with Gasteiger partial charge in [0.05, 0.1) is 5.52 Å². The minimum absolute atomic E-state index is 0.164. The fourth-order valence-corrected chi connectivity index (χ4v) is 2.44. The highest BCUT2D eigenvalue weighted by Gasteiger charge is 2.06. The van der Waals surface area contributed by atoms with Crippen molar-refractivity contribution >= 4 is 10.9 Å². The smallest absolute Gasteiger partial charge is 0.123 e. The van der Waals surface area contributed by atoms with Gasteiger partial charge in [-0.2, -0.15) is 0 Å². The number of hydrogen-bond acceptors (Lipinski definition) is 2. The van der Waals surface area contributed by atoms with Gasteiger partial charge in [0.25, 0.3) is 0 Å². The van der Waals surface area contributed by atoms with E-state index >= 15 is 0 Å². The van der Waals surface area contributed by atoms with Gasteiger partial charge in [-0.1, -0.05) is 30.3 Å². The van der Waals surface area contributed by atoms with Crippen LogP contribution >= 0.6 is 0 Å². The highest BCUT2D eigenvalue weighted by atomic mass is 19.1. The van der Waals surface area contributed by atoms with Gasteiger partial charge in [0.1, 0.15) is 5.82 Å². The number of aromatic nitrogens is 1. The Morgan fingerprint density at radius 3 is 2.62 bits per heavy atom. The Bertz CT molecular complexity index is 732. The van der Waals surface area contributed by atoms with Gasteiger partial charge in [-0.25, -0.2) is 4.39 Å². The van der Waals surface area contributed by atoms with Crippen molar-refractivity contribution in [2.45, 2.75) is 19.5 Å². The lowest BCUT2D eigenvalue weighted by Crippen LogP contribution is -2.18. The Hall–Kier alpha value is -2.26. The summed E-state index contributed by atoms with van der Waals surface area (Å²) in [5.74, 6) is -0.203. The van der Waals surface area contributed by atoms with Crippen molar-refractivity contribution in [3.63, 3.8) is 0 Å². The molecule has 0 fully saturated rings. The first kappa shape index (κ1) is 13.7. The van der Waals surface area contributed by atoms with Crippen LogP contribution in [0.3, 0.4) is 0 Å². The van der Waals surface area contributed by atoms with Crippen LogP contribution in [0.25, 0.3) is 10.9 Å². The average Bonchev–Trinajstić information content (AvgIpc) is 2.53. The molecule has 0 saturated carbocycles. The summed E-state index contributed by atoms with van der Waals surface area (Å²) in [5, 5.41) is 4.64. The van der Waals surface area contributed by atoms with Gasteiger partial charge in [0.2, 0.25) is 0 Å². The number of benzene rings is 2. The molecule has 0 amide bonds. The quantitative estimate of drug-likeness (QED) is 0.773. The molecule has 2 aromatic carbocycles. The molecular weight excluding hydrogens is 263 g/mol. The SMILES string of the molecule is CC(NCc1ccnc2ccccc12)c1ccc(F)cc1. The zero-order valence-electron chi connectivity index (χ0n) is 11.9. The predicted molar refractivity (Wildman–Crippen MR) is 83.4 cm³/mol. The third-order valence-corrected chi connectivity index (χ3v) is 3.71. The minimum Gasteiger partial charge on any atom is -0.306 e. The first-order chi connectivity index (χ1) is 10.2. The molecule has 0 aliphatic rings. The number of hydrogen-bond donors (Lipinski definition) is 1. The molecule has 106 valence electrons. The summed E-state index contributed by atoms with van der Waals surface area (Å²) in [6.45, 7) is 2.83. The average molecular weight is 280 g/mol. The monoisotopic (exact) mass is 280 g/mol. The summed E-state index contributed by atoms with van der Waals surface area (Å²) in [6.07, 6.45) is 1.84. The second-order valence-corrected chi connectivity index (χ2v) is 5.14. The lowest BCUT2D eigenvalue weighted by atomic mass is 10.1. The van der Waals surface area contributed by atoms with Crippen LogP contribution in [0, 0.1) is 5.82 Å². The molecule has 1 unspecified atom stereocenters. The number of halogens is 1. The van der Waals surface area contributed by atoms with E-state index in [1.165, 1.54) is 23.1 Å². The molecule has 1 atom stereocenters. The summed E-state index contributed by atoms with van der Waals surface area (Å²) in [7, 11) is 0. The molecule has 2 nitrogen and oxygen atoms in total. The third kappa shape index (κ3) is 3.09. The van der Waals surface area contributed by atoms with Crippen LogP contribution in [0.1, 0.15) is 24.1 Å². The van der Waals surface area contributed by atoms with Gasteiger partial charge in [0.15, 0.2) is 0 Å². The van der Waals surface area contributed by atoms with E-state index in [2.05, 4.69) is 23.3 Å². The summed E-state index contributed by atoms with van der Waals surface area (Å²) >= 11 is 0. The number of nitrogens with zero attached hydrogens (tertiary/aromatic N) is 1. The standard InChI is InChI=1S/C18H17FN2/c1-13(14-6-8-16(19)9-7-14)21-12-15-10-11-20-18-5-3-2-4-17(15)18/h2-11,13,21H,12H2,1H3. The van der Waals surface area contributed by atoms with Gasteiger partial charge >= 0.3 is 0 Å². The number of fused-ring (bicyclic) bond motifs is 1. The van der Waals surface area contributed by atoms with E-state index < -0.39 is 0 Å². The number of nitrogens with one attached hydrogen (secondary N) is 1. The van der Waals surface area contributed by atoms with Crippen LogP contribution in [0.4, 0.5) is 4.39 Å². The van der Waals surface area contributed by atoms with Gasteiger partial charge < -0.3 is 5.32 Å².